The molecule has 0 spiro atoms. The molecule has 21 heavy (non-hydrogen) atoms. The van der Waals surface area contributed by atoms with Crippen molar-refractivity contribution in [2.45, 2.75) is 56.8 Å². The average molecular weight is 298 g/mol. The molecule has 0 unspecified atom stereocenters. The normalized spacial score (nSPS) is 13.5. The van der Waals surface area contributed by atoms with Gasteiger partial charge < -0.3 is 0 Å². The molecule has 0 aliphatic heterocycles. The molecule has 112 valence electrons. The van der Waals surface area contributed by atoms with Gasteiger partial charge >= 0.3 is 0 Å². The molecular weight excluding hydrogens is 272 g/mol. The highest BCUT2D eigenvalue weighted by Crippen LogP contribution is 2.39. The molecule has 0 bridgehead atoms. The van der Waals surface area contributed by atoms with Crippen LogP contribution in [0.25, 0.3) is 0 Å². The van der Waals surface area contributed by atoms with Crippen molar-refractivity contribution in [3.8, 4) is 0 Å². The summed E-state index contributed by atoms with van der Waals surface area (Å²) in [5.74, 6) is 0.903. The molecule has 1 aliphatic carbocycles. The molecule has 0 aromatic heterocycles. The number of unbranched alkanes of at least 4 members (excludes halogenated alkanes) is 1. The molecule has 2 aromatic rings. The molecule has 0 heterocycles. The SMILES string of the molecule is CCCCc1ccc(C2CC2)cc1.Cc1ccc(S)cc1. The molecule has 1 heteroatoms. The molecule has 0 amide bonds. The van der Waals surface area contributed by atoms with Crippen LogP contribution in [-0.4, -0.2) is 0 Å². The summed E-state index contributed by atoms with van der Waals surface area (Å²) < 4.78 is 0. The highest BCUT2D eigenvalue weighted by Gasteiger charge is 2.22. The second kappa shape index (κ2) is 8.29. The first-order chi connectivity index (χ1) is 10.2. The molecule has 0 N–H and O–H groups in total. The van der Waals surface area contributed by atoms with Crippen molar-refractivity contribution >= 4 is 12.6 Å². The van der Waals surface area contributed by atoms with Gasteiger partial charge in [-0.05, 0) is 61.8 Å². The van der Waals surface area contributed by atoms with Gasteiger partial charge in [0.2, 0.25) is 0 Å². The zero-order valence-corrected chi connectivity index (χ0v) is 14.1. The van der Waals surface area contributed by atoms with Crippen LogP contribution in [0.4, 0.5) is 0 Å². The lowest BCUT2D eigenvalue weighted by Crippen LogP contribution is -1.85. The fraction of sp³-hybridized carbons (Fsp3) is 0.400. The first-order valence-electron chi connectivity index (χ1n) is 8.03. The molecule has 0 radical (unpaired) electrons. The molecular formula is C20H26S. The Morgan fingerprint density at radius 3 is 2.05 bits per heavy atom. The smallest absolute Gasteiger partial charge is 0.00401 e. The van der Waals surface area contributed by atoms with Gasteiger partial charge in [-0.15, -0.1) is 12.6 Å². The largest absolute Gasteiger partial charge is 0.143 e. The van der Waals surface area contributed by atoms with E-state index in [1.165, 1.54) is 43.2 Å². The summed E-state index contributed by atoms with van der Waals surface area (Å²) in [6.45, 7) is 4.31. The molecule has 1 aliphatic rings. The molecule has 2 aromatic carbocycles. The fourth-order valence-corrected chi connectivity index (χ4v) is 2.45. The highest BCUT2D eigenvalue weighted by atomic mass is 32.1. The van der Waals surface area contributed by atoms with Crippen LogP contribution < -0.4 is 0 Å². The summed E-state index contributed by atoms with van der Waals surface area (Å²) in [5, 5.41) is 0. The summed E-state index contributed by atoms with van der Waals surface area (Å²) in [4.78, 5) is 1.02. The summed E-state index contributed by atoms with van der Waals surface area (Å²) in [7, 11) is 0. The van der Waals surface area contributed by atoms with E-state index in [2.05, 4.69) is 50.7 Å². The Morgan fingerprint density at radius 1 is 0.952 bits per heavy atom. The standard InChI is InChI=1S/C13H18.C7H8S/c1-2-3-4-11-5-7-12(8-6-11)13-9-10-13;1-6-2-4-7(8)5-3-6/h5-8,13H,2-4,9-10H2,1H3;2-5,8H,1H3. The summed E-state index contributed by atoms with van der Waals surface area (Å²) in [6.07, 6.45) is 6.69. The maximum absolute atomic E-state index is 4.13. The first kappa shape index (κ1) is 16.2. The van der Waals surface area contributed by atoms with E-state index >= 15 is 0 Å². The Bertz CT molecular complexity index is 500. The van der Waals surface area contributed by atoms with E-state index in [9.17, 15) is 0 Å². The number of hydrogen-bond donors (Lipinski definition) is 1. The second-order valence-corrected chi connectivity index (χ2v) is 6.47. The van der Waals surface area contributed by atoms with Crippen molar-refractivity contribution in [2.75, 3.05) is 0 Å². The van der Waals surface area contributed by atoms with Gasteiger partial charge in [-0.2, -0.15) is 0 Å². The van der Waals surface area contributed by atoms with Crippen LogP contribution in [0.5, 0.6) is 0 Å². The fourth-order valence-electron chi connectivity index (χ4n) is 2.30. The van der Waals surface area contributed by atoms with Crippen LogP contribution in [0.15, 0.2) is 53.4 Å². The number of hydrogen-bond acceptors (Lipinski definition) is 1. The van der Waals surface area contributed by atoms with Crippen LogP contribution in [0.1, 0.15) is 55.2 Å². The summed E-state index contributed by atoms with van der Waals surface area (Å²) in [6, 6.07) is 17.3. The van der Waals surface area contributed by atoms with Gasteiger partial charge in [0.15, 0.2) is 0 Å². The Labute approximate surface area is 135 Å². The first-order valence-corrected chi connectivity index (χ1v) is 8.48. The van der Waals surface area contributed by atoms with Gasteiger partial charge in [0.25, 0.3) is 0 Å². The third kappa shape index (κ3) is 5.97. The van der Waals surface area contributed by atoms with E-state index in [0.29, 0.717) is 0 Å². The van der Waals surface area contributed by atoms with Crippen molar-refractivity contribution in [3.05, 3.63) is 65.2 Å². The Morgan fingerprint density at radius 2 is 1.57 bits per heavy atom. The number of benzene rings is 2. The zero-order chi connectivity index (χ0) is 15.1. The number of rotatable bonds is 4. The van der Waals surface area contributed by atoms with Crippen LogP contribution in [-0.2, 0) is 6.42 Å². The minimum absolute atomic E-state index is 0.903. The predicted octanol–water partition coefficient (Wildman–Crippen LogP) is 6.19. The number of aryl methyl sites for hydroxylation is 2. The van der Waals surface area contributed by atoms with E-state index in [4.69, 9.17) is 0 Å². The van der Waals surface area contributed by atoms with E-state index in [1.54, 1.807) is 5.56 Å². The predicted molar refractivity (Wildman–Crippen MR) is 95.5 cm³/mol. The van der Waals surface area contributed by atoms with Crippen LogP contribution in [0.2, 0.25) is 0 Å². The summed E-state index contributed by atoms with van der Waals surface area (Å²) in [5.41, 5.74) is 4.34. The van der Waals surface area contributed by atoms with Crippen LogP contribution >= 0.6 is 12.6 Å². The van der Waals surface area contributed by atoms with Crippen LogP contribution in [0, 0.1) is 6.92 Å². The van der Waals surface area contributed by atoms with Gasteiger partial charge in [0.05, 0.1) is 0 Å². The van der Waals surface area contributed by atoms with Crippen molar-refractivity contribution in [1.29, 1.82) is 0 Å². The number of thiol groups is 1. The van der Waals surface area contributed by atoms with E-state index < -0.39 is 0 Å². The minimum Gasteiger partial charge on any atom is -0.143 e. The maximum Gasteiger partial charge on any atom is 0.00401 e. The summed E-state index contributed by atoms with van der Waals surface area (Å²) >= 11 is 4.13. The lowest BCUT2D eigenvalue weighted by atomic mass is 10.0. The van der Waals surface area contributed by atoms with Gasteiger partial charge in [-0.1, -0.05) is 55.3 Å². The quantitative estimate of drug-likeness (QED) is 0.639. The van der Waals surface area contributed by atoms with Crippen molar-refractivity contribution in [1.82, 2.24) is 0 Å². The van der Waals surface area contributed by atoms with Crippen LogP contribution in [0.3, 0.4) is 0 Å². The molecule has 1 fully saturated rings. The van der Waals surface area contributed by atoms with Crippen molar-refractivity contribution < 1.29 is 0 Å². The lowest BCUT2D eigenvalue weighted by molar-refractivity contribution is 0.794. The zero-order valence-electron chi connectivity index (χ0n) is 13.2. The maximum atomic E-state index is 4.13. The molecule has 0 saturated heterocycles. The monoisotopic (exact) mass is 298 g/mol. The molecule has 1 saturated carbocycles. The van der Waals surface area contributed by atoms with Gasteiger partial charge in [0, 0.05) is 4.90 Å². The molecule has 0 atom stereocenters. The average Bonchev–Trinajstić information content (AvgIpc) is 3.34. The third-order valence-electron chi connectivity index (χ3n) is 3.88. The van der Waals surface area contributed by atoms with Gasteiger partial charge in [0.1, 0.15) is 0 Å². The second-order valence-electron chi connectivity index (χ2n) is 5.95. The van der Waals surface area contributed by atoms with E-state index in [-0.39, 0.29) is 0 Å². The van der Waals surface area contributed by atoms with Gasteiger partial charge in [-0.3, -0.25) is 0 Å². The Balaban J connectivity index is 0.000000173. The lowest BCUT2D eigenvalue weighted by Gasteiger charge is -2.01. The van der Waals surface area contributed by atoms with Crippen molar-refractivity contribution in [2.24, 2.45) is 0 Å². The Kier molecular flexibility index (Phi) is 6.38. The van der Waals surface area contributed by atoms with Gasteiger partial charge in [-0.25, -0.2) is 0 Å². The molecule has 0 nitrogen and oxygen atoms in total. The Hall–Kier alpha value is -1.21. The van der Waals surface area contributed by atoms with E-state index in [1.807, 2.05) is 24.3 Å². The third-order valence-corrected chi connectivity index (χ3v) is 4.18. The highest BCUT2D eigenvalue weighted by molar-refractivity contribution is 7.80. The molecule has 3 rings (SSSR count). The topological polar surface area (TPSA) is 0 Å². The van der Waals surface area contributed by atoms with Crippen molar-refractivity contribution in [3.63, 3.8) is 0 Å². The van der Waals surface area contributed by atoms with E-state index in [0.717, 1.165) is 10.8 Å². The minimum atomic E-state index is 0.903.